The zero-order valence-electron chi connectivity index (χ0n) is 6.26. The van der Waals surface area contributed by atoms with E-state index in [1.54, 1.807) is 0 Å². The molecule has 4 heteroatoms. The van der Waals surface area contributed by atoms with Gasteiger partial charge in [-0.1, -0.05) is 0 Å². The molecular formula is C7H11N3O. The zero-order chi connectivity index (χ0) is 7.84. The third-order valence-corrected chi connectivity index (χ3v) is 2.34. The molecular weight excluding hydrogens is 142 g/mol. The highest BCUT2D eigenvalue weighted by molar-refractivity contribution is 5.98. The Morgan fingerprint density at radius 1 is 1.64 bits per heavy atom. The van der Waals surface area contributed by atoms with E-state index < -0.39 is 0 Å². The predicted molar refractivity (Wildman–Crippen MR) is 40.2 cm³/mol. The van der Waals surface area contributed by atoms with Crippen molar-refractivity contribution in [2.45, 2.75) is 25.3 Å². The third kappa shape index (κ3) is 0.982. The number of carbonyl (C=O) groups is 1. The van der Waals surface area contributed by atoms with E-state index in [-0.39, 0.29) is 5.91 Å². The van der Waals surface area contributed by atoms with Gasteiger partial charge in [0.1, 0.15) is 0 Å². The Morgan fingerprint density at radius 3 is 3.27 bits per heavy atom. The first-order valence-corrected chi connectivity index (χ1v) is 3.92. The average molecular weight is 153 g/mol. The monoisotopic (exact) mass is 153 g/mol. The molecule has 0 radical (unpaired) electrons. The van der Waals surface area contributed by atoms with Crippen LogP contribution >= 0.6 is 0 Å². The minimum atomic E-state index is -0.00171. The lowest BCUT2D eigenvalue weighted by Gasteiger charge is -2.31. The molecule has 1 amide bonds. The number of nitrogens with one attached hydrogen (secondary N) is 2. The van der Waals surface area contributed by atoms with Gasteiger partial charge in [0.25, 0.3) is 0 Å². The minimum absolute atomic E-state index is 0.00171. The van der Waals surface area contributed by atoms with Crippen molar-refractivity contribution in [3.05, 3.63) is 0 Å². The molecule has 0 aromatic carbocycles. The van der Waals surface area contributed by atoms with E-state index in [4.69, 9.17) is 5.41 Å². The molecule has 11 heavy (non-hydrogen) atoms. The Balaban J connectivity index is 2.16. The molecule has 0 aliphatic carbocycles. The van der Waals surface area contributed by atoms with E-state index in [0.29, 0.717) is 18.4 Å². The van der Waals surface area contributed by atoms with Gasteiger partial charge in [-0.3, -0.25) is 15.5 Å². The zero-order valence-corrected chi connectivity index (χ0v) is 6.26. The predicted octanol–water partition coefficient (Wildman–Crippen LogP) is -0.0945. The van der Waals surface area contributed by atoms with E-state index in [0.717, 1.165) is 19.4 Å². The molecule has 0 saturated carbocycles. The summed E-state index contributed by atoms with van der Waals surface area (Å²) in [6.45, 7) is 0.934. The molecule has 2 saturated heterocycles. The maximum Gasteiger partial charge on any atom is 0.228 e. The summed E-state index contributed by atoms with van der Waals surface area (Å²) in [7, 11) is 0. The van der Waals surface area contributed by atoms with Crippen LogP contribution in [0.4, 0.5) is 0 Å². The van der Waals surface area contributed by atoms with Crippen LogP contribution in [0, 0.1) is 5.41 Å². The summed E-state index contributed by atoms with van der Waals surface area (Å²) in [5.41, 5.74) is 0. The first-order valence-electron chi connectivity index (χ1n) is 3.92. The van der Waals surface area contributed by atoms with Crippen molar-refractivity contribution in [2.24, 2.45) is 0 Å². The minimum Gasteiger partial charge on any atom is -0.339 e. The van der Waals surface area contributed by atoms with Crippen LogP contribution in [-0.2, 0) is 4.79 Å². The number of hydrogen-bond acceptors (Lipinski definition) is 2. The number of guanidine groups is 1. The van der Waals surface area contributed by atoms with Gasteiger partial charge >= 0.3 is 0 Å². The van der Waals surface area contributed by atoms with Crippen LogP contribution < -0.4 is 5.32 Å². The van der Waals surface area contributed by atoms with Gasteiger partial charge < -0.3 is 4.90 Å². The molecule has 2 N–H and O–H groups in total. The third-order valence-electron chi connectivity index (χ3n) is 2.34. The van der Waals surface area contributed by atoms with Crippen LogP contribution in [0.25, 0.3) is 0 Å². The first-order chi connectivity index (χ1) is 5.27. The van der Waals surface area contributed by atoms with Crippen LogP contribution in [0.5, 0.6) is 0 Å². The number of amides is 1. The molecule has 4 nitrogen and oxygen atoms in total. The molecule has 0 bridgehead atoms. The standard InChI is InChI=1S/C7H11N3O/c8-7-9-6(11)4-5-2-1-3-10(5)7/h5H,1-4H2,(H2,8,9,11). The van der Waals surface area contributed by atoms with E-state index in [9.17, 15) is 4.79 Å². The van der Waals surface area contributed by atoms with E-state index in [2.05, 4.69) is 5.32 Å². The molecule has 2 aliphatic rings. The maximum absolute atomic E-state index is 10.9. The summed E-state index contributed by atoms with van der Waals surface area (Å²) in [6.07, 6.45) is 2.75. The Bertz CT molecular complexity index is 214. The fourth-order valence-corrected chi connectivity index (χ4v) is 1.81. The van der Waals surface area contributed by atoms with Crippen molar-refractivity contribution in [3.63, 3.8) is 0 Å². The van der Waals surface area contributed by atoms with Crippen molar-refractivity contribution >= 4 is 11.9 Å². The summed E-state index contributed by atoms with van der Waals surface area (Å²) >= 11 is 0. The lowest BCUT2D eigenvalue weighted by atomic mass is 10.1. The van der Waals surface area contributed by atoms with Gasteiger partial charge in [-0.05, 0) is 12.8 Å². The van der Waals surface area contributed by atoms with Gasteiger partial charge in [-0.15, -0.1) is 0 Å². The summed E-state index contributed by atoms with van der Waals surface area (Å²) in [5, 5.41) is 9.96. The topological polar surface area (TPSA) is 56.2 Å². The lowest BCUT2D eigenvalue weighted by Crippen LogP contribution is -2.52. The number of rotatable bonds is 0. The second kappa shape index (κ2) is 2.22. The smallest absolute Gasteiger partial charge is 0.228 e. The fourth-order valence-electron chi connectivity index (χ4n) is 1.81. The Labute approximate surface area is 65.1 Å². The second-order valence-electron chi connectivity index (χ2n) is 3.09. The molecule has 1 unspecified atom stereocenters. The molecule has 0 aromatic rings. The molecule has 60 valence electrons. The highest BCUT2D eigenvalue weighted by atomic mass is 16.2. The molecule has 2 heterocycles. The quantitative estimate of drug-likeness (QED) is 0.511. The second-order valence-corrected chi connectivity index (χ2v) is 3.09. The normalized spacial score (nSPS) is 30.2. The summed E-state index contributed by atoms with van der Waals surface area (Å²) in [6, 6.07) is 0.316. The summed E-state index contributed by atoms with van der Waals surface area (Å²) in [4.78, 5) is 12.9. The number of nitrogens with zero attached hydrogens (tertiary/aromatic N) is 1. The van der Waals surface area contributed by atoms with Crippen LogP contribution in [0.2, 0.25) is 0 Å². The van der Waals surface area contributed by atoms with Crippen LogP contribution in [0.15, 0.2) is 0 Å². The van der Waals surface area contributed by atoms with Crippen LogP contribution in [0.1, 0.15) is 19.3 Å². The summed E-state index contributed by atoms with van der Waals surface area (Å²) < 4.78 is 0. The van der Waals surface area contributed by atoms with Crippen LogP contribution in [-0.4, -0.2) is 29.4 Å². The van der Waals surface area contributed by atoms with Crippen molar-refractivity contribution in [2.75, 3.05) is 6.54 Å². The van der Waals surface area contributed by atoms with Gasteiger partial charge in [0.2, 0.25) is 5.91 Å². The Morgan fingerprint density at radius 2 is 2.45 bits per heavy atom. The van der Waals surface area contributed by atoms with Gasteiger partial charge in [0.05, 0.1) is 0 Å². The molecule has 2 aliphatic heterocycles. The first kappa shape index (κ1) is 6.64. The van der Waals surface area contributed by atoms with Gasteiger partial charge in [0.15, 0.2) is 5.96 Å². The Hall–Kier alpha value is -1.06. The van der Waals surface area contributed by atoms with Crippen molar-refractivity contribution in [3.8, 4) is 0 Å². The highest BCUT2D eigenvalue weighted by Gasteiger charge is 2.33. The molecule has 0 aromatic heterocycles. The largest absolute Gasteiger partial charge is 0.339 e. The fraction of sp³-hybridized carbons (Fsp3) is 0.714. The van der Waals surface area contributed by atoms with E-state index in [1.165, 1.54) is 0 Å². The SMILES string of the molecule is N=C1NC(=O)CC2CCCN12. The number of hydrogen-bond donors (Lipinski definition) is 2. The molecule has 2 rings (SSSR count). The van der Waals surface area contributed by atoms with E-state index in [1.807, 2.05) is 4.90 Å². The van der Waals surface area contributed by atoms with Gasteiger partial charge in [-0.25, -0.2) is 0 Å². The lowest BCUT2D eigenvalue weighted by molar-refractivity contribution is -0.121. The maximum atomic E-state index is 10.9. The van der Waals surface area contributed by atoms with E-state index >= 15 is 0 Å². The van der Waals surface area contributed by atoms with Gasteiger partial charge in [0, 0.05) is 19.0 Å². The van der Waals surface area contributed by atoms with Crippen molar-refractivity contribution in [1.29, 1.82) is 5.41 Å². The highest BCUT2D eigenvalue weighted by Crippen LogP contribution is 2.21. The average Bonchev–Trinajstić information content (AvgIpc) is 2.34. The molecule has 2 fully saturated rings. The van der Waals surface area contributed by atoms with Gasteiger partial charge in [-0.2, -0.15) is 0 Å². The molecule has 1 atom stereocenters. The molecule has 0 spiro atoms. The Kier molecular flexibility index (Phi) is 1.34. The van der Waals surface area contributed by atoms with Crippen molar-refractivity contribution < 1.29 is 4.79 Å². The van der Waals surface area contributed by atoms with Crippen LogP contribution in [0.3, 0.4) is 0 Å². The summed E-state index contributed by atoms with van der Waals surface area (Å²) in [5.74, 6) is 0.293. The number of carbonyl (C=O) groups excluding carboxylic acids is 1. The number of fused-ring (bicyclic) bond motifs is 1. The van der Waals surface area contributed by atoms with Crippen molar-refractivity contribution in [1.82, 2.24) is 10.2 Å².